The molecule has 1 aromatic rings. The van der Waals surface area contributed by atoms with Gasteiger partial charge in [0.05, 0.1) is 5.75 Å². The number of alkyl halides is 1. The van der Waals surface area contributed by atoms with E-state index in [-0.39, 0.29) is 37.4 Å². The number of nitrogens with one attached hydrogen (secondary N) is 2. The molecular formula is C12H15ClN2O5S. The Balaban J connectivity index is 1.85. The third-order valence-corrected chi connectivity index (χ3v) is 4.28. The molecule has 1 aliphatic rings. The van der Waals surface area contributed by atoms with E-state index in [4.69, 9.17) is 21.1 Å². The smallest absolute Gasteiger partial charge is 0.251 e. The van der Waals surface area contributed by atoms with E-state index < -0.39 is 10.0 Å². The normalized spacial score (nSPS) is 13.2. The summed E-state index contributed by atoms with van der Waals surface area (Å²) in [6.07, 6.45) is 0. The van der Waals surface area contributed by atoms with Gasteiger partial charge in [0.1, 0.15) is 0 Å². The monoisotopic (exact) mass is 334 g/mol. The van der Waals surface area contributed by atoms with E-state index in [1.54, 1.807) is 18.2 Å². The van der Waals surface area contributed by atoms with Gasteiger partial charge in [-0.15, -0.1) is 11.6 Å². The van der Waals surface area contributed by atoms with Gasteiger partial charge in [-0.2, -0.15) is 0 Å². The first kappa shape index (κ1) is 15.9. The van der Waals surface area contributed by atoms with Crippen molar-refractivity contribution in [2.45, 2.75) is 0 Å². The fraction of sp³-hybridized carbons (Fsp3) is 0.417. The maximum absolute atomic E-state index is 11.9. The summed E-state index contributed by atoms with van der Waals surface area (Å²) in [5.74, 6) is 0.697. The Bertz CT molecular complexity index is 620. The maximum Gasteiger partial charge on any atom is 0.251 e. The van der Waals surface area contributed by atoms with Crippen LogP contribution in [-0.4, -0.2) is 45.8 Å². The van der Waals surface area contributed by atoms with Gasteiger partial charge in [0.15, 0.2) is 11.5 Å². The number of benzene rings is 1. The molecule has 0 fully saturated rings. The summed E-state index contributed by atoms with van der Waals surface area (Å²) in [5.41, 5.74) is 0.380. The number of hydrogen-bond acceptors (Lipinski definition) is 5. The number of halogens is 1. The molecule has 0 atom stereocenters. The molecule has 2 N–H and O–H groups in total. The zero-order chi connectivity index (χ0) is 15.3. The zero-order valence-electron chi connectivity index (χ0n) is 11.1. The lowest BCUT2D eigenvalue weighted by Gasteiger charge is -2.07. The molecule has 0 spiro atoms. The highest BCUT2D eigenvalue weighted by Crippen LogP contribution is 2.32. The van der Waals surface area contributed by atoms with Crippen LogP contribution in [-0.2, 0) is 10.0 Å². The minimum absolute atomic E-state index is 0.00486. The van der Waals surface area contributed by atoms with Gasteiger partial charge in [-0.05, 0) is 18.2 Å². The van der Waals surface area contributed by atoms with Gasteiger partial charge in [-0.25, -0.2) is 13.1 Å². The number of sulfonamides is 1. The van der Waals surface area contributed by atoms with Gasteiger partial charge < -0.3 is 14.8 Å². The molecule has 1 aliphatic heterocycles. The van der Waals surface area contributed by atoms with Crippen LogP contribution in [0.4, 0.5) is 0 Å². The van der Waals surface area contributed by atoms with Gasteiger partial charge in [0, 0.05) is 24.5 Å². The molecule has 0 saturated carbocycles. The second kappa shape index (κ2) is 6.97. The fourth-order valence-corrected chi connectivity index (χ4v) is 2.84. The van der Waals surface area contributed by atoms with Crippen molar-refractivity contribution in [1.29, 1.82) is 0 Å². The average molecular weight is 335 g/mol. The highest BCUT2D eigenvalue weighted by Gasteiger charge is 2.16. The van der Waals surface area contributed by atoms with Crippen LogP contribution in [0.25, 0.3) is 0 Å². The summed E-state index contributed by atoms with van der Waals surface area (Å²) >= 11 is 5.40. The molecule has 21 heavy (non-hydrogen) atoms. The number of ether oxygens (including phenoxy) is 2. The Morgan fingerprint density at radius 3 is 2.76 bits per heavy atom. The molecule has 1 amide bonds. The van der Waals surface area contributed by atoms with Gasteiger partial charge in [0.2, 0.25) is 16.8 Å². The lowest BCUT2D eigenvalue weighted by molar-refractivity contribution is 0.0955. The quantitative estimate of drug-likeness (QED) is 0.700. The number of hydrogen-bond donors (Lipinski definition) is 2. The summed E-state index contributed by atoms with van der Waals surface area (Å²) in [7, 11) is -3.42. The molecule has 2 rings (SSSR count). The SMILES string of the molecule is O=C(NCCS(=O)(=O)NCCCl)c1ccc2c(c1)OCO2. The molecule has 0 saturated heterocycles. The van der Waals surface area contributed by atoms with Crippen LogP contribution in [0.5, 0.6) is 11.5 Å². The Kier molecular flexibility index (Phi) is 5.27. The van der Waals surface area contributed by atoms with Gasteiger partial charge >= 0.3 is 0 Å². The number of amides is 1. The molecular weight excluding hydrogens is 320 g/mol. The Labute approximate surface area is 127 Å². The summed E-state index contributed by atoms with van der Waals surface area (Å²) in [6, 6.07) is 4.77. The van der Waals surface area contributed by atoms with E-state index in [0.29, 0.717) is 17.1 Å². The highest BCUT2D eigenvalue weighted by molar-refractivity contribution is 7.89. The number of carbonyl (C=O) groups is 1. The second-order valence-corrected chi connectivity index (χ2v) is 6.53. The molecule has 116 valence electrons. The molecule has 1 aromatic carbocycles. The molecule has 0 unspecified atom stereocenters. The average Bonchev–Trinajstić information content (AvgIpc) is 2.92. The third kappa shape index (κ3) is 4.48. The Morgan fingerprint density at radius 2 is 2.00 bits per heavy atom. The third-order valence-electron chi connectivity index (χ3n) is 2.71. The largest absolute Gasteiger partial charge is 0.454 e. The van der Waals surface area contributed by atoms with Crippen molar-refractivity contribution < 1.29 is 22.7 Å². The lowest BCUT2D eigenvalue weighted by Crippen LogP contribution is -2.35. The van der Waals surface area contributed by atoms with Gasteiger partial charge in [-0.3, -0.25) is 4.79 Å². The van der Waals surface area contributed by atoms with Crippen LogP contribution in [0, 0.1) is 0 Å². The summed E-state index contributed by atoms with van der Waals surface area (Å²) in [4.78, 5) is 11.9. The van der Waals surface area contributed by atoms with Crippen LogP contribution >= 0.6 is 11.6 Å². The van der Waals surface area contributed by atoms with Crippen molar-refractivity contribution in [1.82, 2.24) is 10.0 Å². The molecule has 0 bridgehead atoms. The molecule has 7 nitrogen and oxygen atoms in total. The van der Waals surface area contributed by atoms with Crippen LogP contribution in [0.2, 0.25) is 0 Å². The van der Waals surface area contributed by atoms with E-state index in [1.165, 1.54) is 0 Å². The maximum atomic E-state index is 11.9. The van der Waals surface area contributed by atoms with Crippen molar-refractivity contribution in [3.05, 3.63) is 23.8 Å². The van der Waals surface area contributed by atoms with Crippen molar-refractivity contribution in [3.8, 4) is 11.5 Å². The van der Waals surface area contributed by atoms with Crippen LogP contribution < -0.4 is 19.5 Å². The molecule has 0 aromatic heterocycles. The van der Waals surface area contributed by atoms with Crippen molar-refractivity contribution >= 4 is 27.5 Å². The minimum Gasteiger partial charge on any atom is -0.454 e. The van der Waals surface area contributed by atoms with E-state index in [2.05, 4.69) is 10.0 Å². The fourth-order valence-electron chi connectivity index (χ4n) is 1.71. The molecule has 1 heterocycles. The van der Waals surface area contributed by atoms with Gasteiger partial charge in [0.25, 0.3) is 5.91 Å². The molecule has 9 heteroatoms. The van der Waals surface area contributed by atoms with Crippen LogP contribution in [0.15, 0.2) is 18.2 Å². The topological polar surface area (TPSA) is 93.7 Å². The minimum atomic E-state index is -3.42. The standard InChI is InChI=1S/C12H15ClN2O5S/c13-3-4-15-21(17,18)6-5-14-12(16)9-1-2-10-11(7-9)20-8-19-10/h1-2,7,15H,3-6,8H2,(H,14,16). The number of rotatable bonds is 7. The Hall–Kier alpha value is -1.51. The number of fused-ring (bicyclic) bond motifs is 1. The van der Waals surface area contributed by atoms with E-state index in [1.807, 2.05) is 0 Å². The van der Waals surface area contributed by atoms with E-state index >= 15 is 0 Å². The van der Waals surface area contributed by atoms with Crippen LogP contribution in [0.1, 0.15) is 10.4 Å². The first-order valence-electron chi connectivity index (χ1n) is 6.23. The van der Waals surface area contributed by atoms with Crippen LogP contribution in [0.3, 0.4) is 0 Å². The Morgan fingerprint density at radius 1 is 1.24 bits per heavy atom. The second-order valence-electron chi connectivity index (χ2n) is 4.23. The highest BCUT2D eigenvalue weighted by atomic mass is 35.5. The molecule has 0 aliphatic carbocycles. The lowest BCUT2D eigenvalue weighted by atomic mass is 10.2. The van der Waals surface area contributed by atoms with E-state index in [9.17, 15) is 13.2 Å². The number of carbonyl (C=O) groups excluding carboxylic acids is 1. The summed E-state index contributed by atoms with van der Waals surface area (Å²) in [5, 5.41) is 2.54. The first-order chi connectivity index (χ1) is 10.0. The van der Waals surface area contributed by atoms with Crippen molar-refractivity contribution in [2.24, 2.45) is 0 Å². The van der Waals surface area contributed by atoms with Crippen molar-refractivity contribution in [3.63, 3.8) is 0 Å². The van der Waals surface area contributed by atoms with Gasteiger partial charge in [-0.1, -0.05) is 0 Å². The predicted molar refractivity (Wildman–Crippen MR) is 77.4 cm³/mol. The first-order valence-corrected chi connectivity index (χ1v) is 8.42. The summed E-state index contributed by atoms with van der Waals surface area (Å²) < 4.78 is 35.6. The molecule has 0 radical (unpaired) electrons. The zero-order valence-corrected chi connectivity index (χ0v) is 12.7. The summed E-state index contributed by atoms with van der Waals surface area (Å²) in [6.45, 7) is 0.301. The van der Waals surface area contributed by atoms with E-state index in [0.717, 1.165) is 0 Å². The predicted octanol–water partition coefficient (Wildman–Crippen LogP) is 0.303. The van der Waals surface area contributed by atoms with Crippen molar-refractivity contribution in [2.75, 3.05) is 31.5 Å².